The van der Waals surface area contributed by atoms with Gasteiger partial charge in [-0.25, -0.2) is 14.0 Å². The third-order valence-corrected chi connectivity index (χ3v) is 5.00. The van der Waals surface area contributed by atoms with Crippen molar-refractivity contribution < 1.29 is 28.3 Å². The predicted octanol–water partition coefficient (Wildman–Crippen LogP) is 2.08. The predicted molar refractivity (Wildman–Crippen MR) is 95.0 cm³/mol. The molecule has 152 valence electrons. The summed E-state index contributed by atoms with van der Waals surface area (Å²) < 4.78 is 24.9. The maximum atomic E-state index is 14.7. The second-order valence-electron chi connectivity index (χ2n) is 8.47. The van der Waals surface area contributed by atoms with E-state index in [4.69, 9.17) is 14.3 Å². The minimum Gasteiger partial charge on any atom is -0.464 e. The van der Waals surface area contributed by atoms with E-state index in [1.807, 2.05) is 25.7 Å². The molecule has 0 N–H and O–H groups in total. The van der Waals surface area contributed by atoms with Gasteiger partial charge in [-0.05, 0) is 27.7 Å². The van der Waals surface area contributed by atoms with E-state index in [9.17, 15) is 14.0 Å². The second-order valence-corrected chi connectivity index (χ2v) is 8.47. The zero-order valence-corrected chi connectivity index (χ0v) is 16.4. The van der Waals surface area contributed by atoms with Gasteiger partial charge in [-0.3, -0.25) is 4.90 Å². The molecule has 0 bridgehead atoms. The zero-order valence-electron chi connectivity index (χ0n) is 16.4. The van der Waals surface area contributed by atoms with Crippen LogP contribution in [0.4, 0.5) is 9.18 Å². The Bertz CT molecular complexity index is 631. The molecule has 1 spiro atoms. The van der Waals surface area contributed by atoms with Crippen LogP contribution < -0.4 is 0 Å². The Labute approximate surface area is 158 Å². The topological polar surface area (TPSA) is 80.7 Å². The lowest BCUT2D eigenvalue weighted by Gasteiger charge is -2.45. The van der Waals surface area contributed by atoms with Crippen LogP contribution in [0.3, 0.4) is 0 Å². The summed E-state index contributed by atoms with van der Waals surface area (Å²) in [5, 5.41) is 4.16. The quantitative estimate of drug-likeness (QED) is 0.677. The summed E-state index contributed by atoms with van der Waals surface area (Å²) in [5.41, 5.74) is -2.98. The van der Waals surface area contributed by atoms with Crippen molar-refractivity contribution in [1.29, 1.82) is 0 Å². The van der Waals surface area contributed by atoms with Crippen LogP contribution in [0.1, 0.15) is 47.0 Å². The number of rotatable bonds is 2. The van der Waals surface area contributed by atoms with Crippen molar-refractivity contribution in [1.82, 2.24) is 9.80 Å². The average molecular weight is 385 g/mol. The first-order valence-electron chi connectivity index (χ1n) is 9.40. The smallest absolute Gasteiger partial charge is 0.410 e. The van der Waals surface area contributed by atoms with Gasteiger partial charge in [0.05, 0.1) is 26.1 Å². The van der Waals surface area contributed by atoms with Gasteiger partial charge in [0.2, 0.25) is 5.67 Å². The summed E-state index contributed by atoms with van der Waals surface area (Å²) in [4.78, 5) is 33.0. The van der Waals surface area contributed by atoms with E-state index in [0.29, 0.717) is 32.6 Å². The van der Waals surface area contributed by atoms with Crippen LogP contribution in [0.5, 0.6) is 0 Å². The largest absolute Gasteiger partial charge is 0.464 e. The number of amides is 1. The molecule has 2 saturated heterocycles. The number of halogens is 1. The number of amidine groups is 1. The molecule has 3 aliphatic rings. The number of alkyl halides is 1. The van der Waals surface area contributed by atoms with Crippen LogP contribution in [-0.2, 0) is 19.1 Å². The van der Waals surface area contributed by atoms with Crippen LogP contribution in [0, 0.1) is 0 Å². The maximum Gasteiger partial charge on any atom is 0.410 e. The fraction of sp³-hybridized carbons (Fsp3) is 0.833. The molecular formula is C18H28FN3O5. The molecule has 0 aromatic carbocycles. The van der Waals surface area contributed by atoms with Crippen molar-refractivity contribution in [3.63, 3.8) is 0 Å². The lowest BCUT2D eigenvalue weighted by Crippen LogP contribution is -2.64. The van der Waals surface area contributed by atoms with Gasteiger partial charge in [0, 0.05) is 25.9 Å². The van der Waals surface area contributed by atoms with Crippen LogP contribution in [0.2, 0.25) is 0 Å². The van der Waals surface area contributed by atoms with Gasteiger partial charge in [-0.1, -0.05) is 5.16 Å². The molecule has 27 heavy (non-hydrogen) atoms. The Balaban J connectivity index is 1.48. The Hall–Kier alpha value is -2.06. The summed E-state index contributed by atoms with van der Waals surface area (Å²) in [7, 11) is 0. The number of piperidine rings is 1. The van der Waals surface area contributed by atoms with E-state index in [0.717, 1.165) is 5.84 Å². The summed E-state index contributed by atoms with van der Waals surface area (Å²) >= 11 is 0. The molecule has 0 atom stereocenters. The molecule has 1 amide bonds. The van der Waals surface area contributed by atoms with E-state index < -0.39 is 22.8 Å². The summed E-state index contributed by atoms with van der Waals surface area (Å²) in [6.07, 6.45) is 0.342. The highest BCUT2D eigenvalue weighted by atomic mass is 19.1. The van der Waals surface area contributed by atoms with Crippen molar-refractivity contribution in [2.75, 3.05) is 32.8 Å². The zero-order chi connectivity index (χ0) is 19.9. The van der Waals surface area contributed by atoms with Crippen molar-refractivity contribution >= 4 is 17.9 Å². The highest BCUT2D eigenvalue weighted by molar-refractivity contribution is 5.86. The highest BCUT2D eigenvalue weighted by Gasteiger charge is 2.54. The third-order valence-electron chi connectivity index (χ3n) is 5.00. The average Bonchev–Trinajstić information content (AvgIpc) is 2.98. The number of nitrogens with zero attached hydrogens (tertiary/aromatic N) is 3. The van der Waals surface area contributed by atoms with E-state index >= 15 is 0 Å². The maximum absolute atomic E-state index is 14.7. The first-order chi connectivity index (χ1) is 12.6. The standard InChI is InChI=1S/C18H28FN3O5/c1-5-25-14(23)18(19)6-8-21(9-7-18)13-10-17(27-20-13)11-22(12-17)15(24)26-16(2,3)4/h5-12H2,1-4H3. The molecule has 8 nitrogen and oxygen atoms in total. The van der Waals surface area contributed by atoms with Crippen molar-refractivity contribution in [3.05, 3.63) is 0 Å². The Morgan fingerprint density at radius 2 is 1.89 bits per heavy atom. The number of carbonyl (C=O) groups excluding carboxylic acids is 2. The van der Waals surface area contributed by atoms with Crippen LogP contribution in [0.25, 0.3) is 0 Å². The number of likely N-dealkylation sites (tertiary alicyclic amines) is 2. The van der Waals surface area contributed by atoms with Gasteiger partial charge in [0.15, 0.2) is 5.60 Å². The first kappa shape index (κ1) is 19.7. The normalized spacial score (nSPS) is 23.4. The van der Waals surface area contributed by atoms with Gasteiger partial charge < -0.3 is 19.2 Å². The number of hydrogen-bond acceptors (Lipinski definition) is 7. The molecule has 0 saturated carbocycles. The summed E-state index contributed by atoms with van der Waals surface area (Å²) in [5.74, 6) is -0.0394. The summed E-state index contributed by atoms with van der Waals surface area (Å²) in [6.45, 7) is 8.90. The van der Waals surface area contributed by atoms with E-state index in [-0.39, 0.29) is 25.5 Å². The van der Waals surface area contributed by atoms with E-state index in [2.05, 4.69) is 5.16 Å². The van der Waals surface area contributed by atoms with Gasteiger partial charge in [-0.15, -0.1) is 0 Å². The molecule has 0 aliphatic carbocycles. The Morgan fingerprint density at radius 1 is 1.26 bits per heavy atom. The lowest BCUT2D eigenvalue weighted by molar-refractivity contribution is -0.160. The van der Waals surface area contributed by atoms with Gasteiger partial charge in [0.1, 0.15) is 11.4 Å². The van der Waals surface area contributed by atoms with Gasteiger partial charge in [-0.2, -0.15) is 0 Å². The Morgan fingerprint density at radius 3 is 2.44 bits per heavy atom. The number of ether oxygens (including phenoxy) is 2. The molecule has 0 unspecified atom stereocenters. The number of oxime groups is 1. The molecule has 3 rings (SSSR count). The Kier molecular flexibility index (Phi) is 4.98. The van der Waals surface area contributed by atoms with Crippen LogP contribution in [-0.4, -0.2) is 77.4 Å². The number of hydrogen-bond donors (Lipinski definition) is 0. The third kappa shape index (κ3) is 4.11. The fourth-order valence-electron chi connectivity index (χ4n) is 3.53. The minimum atomic E-state index is -1.92. The minimum absolute atomic E-state index is 0.0713. The van der Waals surface area contributed by atoms with Gasteiger partial charge in [0.25, 0.3) is 0 Å². The number of carbonyl (C=O) groups is 2. The lowest BCUT2D eigenvalue weighted by atomic mass is 9.89. The second kappa shape index (κ2) is 6.83. The van der Waals surface area contributed by atoms with Crippen LogP contribution in [0.15, 0.2) is 5.16 Å². The fourth-order valence-corrected chi connectivity index (χ4v) is 3.53. The first-order valence-corrected chi connectivity index (χ1v) is 9.40. The SMILES string of the molecule is CCOC(=O)C1(F)CCN(C2=NOC3(C2)CN(C(=O)OC(C)(C)C)C3)CC1. The highest BCUT2D eigenvalue weighted by Crippen LogP contribution is 2.37. The molecule has 0 aromatic rings. The van der Waals surface area contributed by atoms with Crippen molar-refractivity contribution in [2.45, 2.75) is 63.8 Å². The van der Waals surface area contributed by atoms with E-state index in [1.54, 1.807) is 11.8 Å². The van der Waals surface area contributed by atoms with Crippen molar-refractivity contribution in [2.24, 2.45) is 5.16 Å². The van der Waals surface area contributed by atoms with Gasteiger partial charge >= 0.3 is 12.1 Å². The summed E-state index contributed by atoms with van der Waals surface area (Å²) in [6, 6.07) is 0. The molecular weight excluding hydrogens is 357 g/mol. The molecule has 3 heterocycles. The molecule has 2 fully saturated rings. The molecule has 9 heteroatoms. The van der Waals surface area contributed by atoms with Crippen molar-refractivity contribution in [3.8, 4) is 0 Å². The monoisotopic (exact) mass is 385 g/mol. The van der Waals surface area contributed by atoms with E-state index in [1.165, 1.54) is 0 Å². The molecule has 3 aliphatic heterocycles. The molecule has 0 radical (unpaired) electrons. The van der Waals surface area contributed by atoms with Crippen LogP contribution >= 0.6 is 0 Å². The molecule has 0 aromatic heterocycles. The number of esters is 1.